The van der Waals surface area contributed by atoms with Gasteiger partial charge in [-0.25, -0.2) is 9.97 Å². The van der Waals surface area contributed by atoms with Gasteiger partial charge in [-0.15, -0.1) is 0 Å². The zero-order valence-corrected chi connectivity index (χ0v) is 11.4. The summed E-state index contributed by atoms with van der Waals surface area (Å²) in [4.78, 5) is 8.33. The Morgan fingerprint density at radius 1 is 1.17 bits per heavy atom. The van der Waals surface area contributed by atoms with E-state index in [0.29, 0.717) is 17.8 Å². The number of hydrogen-bond acceptors (Lipinski definition) is 4. The van der Waals surface area contributed by atoms with Crippen LogP contribution < -0.4 is 10.5 Å². The first-order chi connectivity index (χ1) is 8.68. The number of nitrogens with zero attached hydrogens (tertiary/aromatic N) is 2. The Labute approximate surface area is 109 Å². The van der Waals surface area contributed by atoms with Crippen LogP contribution in [0.25, 0.3) is 0 Å². The summed E-state index contributed by atoms with van der Waals surface area (Å²) in [6.45, 7) is 4.18. The van der Waals surface area contributed by atoms with Crippen LogP contribution in [0.1, 0.15) is 63.9 Å². The van der Waals surface area contributed by atoms with Gasteiger partial charge in [0.25, 0.3) is 0 Å². The molecule has 4 nitrogen and oxygen atoms in total. The van der Waals surface area contributed by atoms with E-state index in [1.165, 1.54) is 32.0 Å². The fraction of sp³-hybridized carbons (Fsp3) is 0.714. The van der Waals surface area contributed by atoms with E-state index in [1.807, 2.05) is 0 Å². The Balaban J connectivity index is 2.14. The molecule has 4 heteroatoms. The van der Waals surface area contributed by atoms with Gasteiger partial charge in [0.05, 0.1) is 5.56 Å². The average Bonchev–Trinajstić information content (AvgIpc) is 2.57. The van der Waals surface area contributed by atoms with E-state index in [4.69, 9.17) is 10.5 Å². The first-order valence-corrected chi connectivity index (χ1v) is 6.95. The normalized spacial score (nSPS) is 17.7. The number of rotatable bonds is 3. The zero-order chi connectivity index (χ0) is 13.0. The van der Waals surface area contributed by atoms with E-state index in [0.717, 1.165) is 18.4 Å². The van der Waals surface area contributed by atoms with Crippen LogP contribution in [0.4, 0.5) is 5.82 Å². The van der Waals surface area contributed by atoms with Gasteiger partial charge in [-0.3, -0.25) is 0 Å². The fourth-order valence-corrected chi connectivity index (χ4v) is 2.55. The number of anilines is 1. The minimum Gasteiger partial charge on any atom is -0.474 e. The van der Waals surface area contributed by atoms with Crippen LogP contribution in [-0.2, 0) is 0 Å². The molecule has 0 spiro atoms. The van der Waals surface area contributed by atoms with Crippen molar-refractivity contribution in [2.24, 2.45) is 0 Å². The van der Waals surface area contributed by atoms with Crippen LogP contribution >= 0.6 is 0 Å². The molecule has 18 heavy (non-hydrogen) atoms. The Morgan fingerprint density at radius 2 is 1.83 bits per heavy atom. The van der Waals surface area contributed by atoms with Crippen molar-refractivity contribution < 1.29 is 4.74 Å². The molecule has 1 aromatic heterocycles. The van der Waals surface area contributed by atoms with E-state index < -0.39 is 0 Å². The van der Waals surface area contributed by atoms with Gasteiger partial charge in [-0.2, -0.15) is 0 Å². The molecule has 1 aromatic rings. The molecule has 2 N–H and O–H groups in total. The fourth-order valence-electron chi connectivity index (χ4n) is 2.55. The van der Waals surface area contributed by atoms with E-state index in [9.17, 15) is 0 Å². The van der Waals surface area contributed by atoms with Gasteiger partial charge in [0.15, 0.2) is 0 Å². The molecule has 2 rings (SSSR count). The van der Waals surface area contributed by atoms with Crippen molar-refractivity contribution in [3.05, 3.63) is 11.9 Å². The number of nitrogens with two attached hydrogens (primary N) is 1. The predicted octanol–water partition coefficient (Wildman–Crippen LogP) is 3.28. The predicted molar refractivity (Wildman–Crippen MR) is 72.7 cm³/mol. The second-order valence-electron chi connectivity index (χ2n) is 5.36. The van der Waals surface area contributed by atoms with Crippen molar-refractivity contribution in [3.63, 3.8) is 0 Å². The van der Waals surface area contributed by atoms with E-state index in [1.54, 1.807) is 0 Å². The summed E-state index contributed by atoms with van der Waals surface area (Å²) < 4.78 is 6.08. The lowest BCUT2D eigenvalue weighted by molar-refractivity contribution is 0.173. The van der Waals surface area contributed by atoms with Crippen LogP contribution in [0.3, 0.4) is 0 Å². The number of ether oxygens (including phenoxy) is 1. The van der Waals surface area contributed by atoms with Gasteiger partial charge in [-0.1, -0.05) is 26.7 Å². The second kappa shape index (κ2) is 6.03. The highest BCUT2D eigenvalue weighted by atomic mass is 16.5. The lowest BCUT2D eigenvalue weighted by atomic mass is 10.1. The number of aromatic nitrogens is 2. The SMILES string of the molecule is CC(C)c1c(N)ncnc1OC1CCCCCC1. The van der Waals surface area contributed by atoms with Crippen molar-refractivity contribution in [1.29, 1.82) is 0 Å². The molecule has 100 valence electrons. The highest BCUT2D eigenvalue weighted by Crippen LogP contribution is 2.30. The summed E-state index contributed by atoms with van der Waals surface area (Å²) in [5.74, 6) is 1.51. The lowest BCUT2D eigenvalue weighted by Gasteiger charge is -2.20. The maximum Gasteiger partial charge on any atom is 0.222 e. The molecular weight excluding hydrogens is 226 g/mol. The van der Waals surface area contributed by atoms with Gasteiger partial charge in [-0.05, 0) is 31.6 Å². The molecule has 0 radical (unpaired) electrons. The second-order valence-corrected chi connectivity index (χ2v) is 5.36. The maximum atomic E-state index is 6.08. The van der Waals surface area contributed by atoms with E-state index >= 15 is 0 Å². The number of hydrogen-bond donors (Lipinski definition) is 1. The molecule has 0 atom stereocenters. The van der Waals surface area contributed by atoms with E-state index in [2.05, 4.69) is 23.8 Å². The Hall–Kier alpha value is -1.32. The van der Waals surface area contributed by atoms with Gasteiger partial charge < -0.3 is 10.5 Å². The molecule has 1 saturated carbocycles. The molecule has 1 heterocycles. The molecule has 0 bridgehead atoms. The molecule has 0 aromatic carbocycles. The van der Waals surface area contributed by atoms with Crippen molar-refractivity contribution in [3.8, 4) is 5.88 Å². The molecule has 0 saturated heterocycles. The quantitative estimate of drug-likeness (QED) is 0.835. The largest absolute Gasteiger partial charge is 0.474 e. The molecule has 1 aliphatic rings. The minimum atomic E-state index is 0.284. The maximum absolute atomic E-state index is 6.08. The highest BCUT2D eigenvalue weighted by molar-refractivity contribution is 5.46. The summed E-state index contributed by atoms with van der Waals surface area (Å²) in [7, 11) is 0. The first kappa shape index (κ1) is 13.1. The van der Waals surface area contributed by atoms with Crippen LogP contribution in [0, 0.1) is 0 Å². The third-order valence-corrected chi connectivity index (χ3v) is 3.54. The Bertz CT molecular complexity index is 385. The molecule has 0 amide bonds. The molecule has 0 unspecified atom stereocenters. The number of nitrogen functional groups attached to an aromatic ring is 1. The monoisotopic (exact) mass is 249 g/mol. The summed E-state index contributed by atoms with van der Waals surface area (Å²) >= 11 is 0. The molecular formula is C14H23N3O. The lowest BCUT2D eigenvalue weighted by Crippen LogP contribution is -2.18. The van der Waals surface area contributed by atoms with Gasteiger partial charge >= 0.3 is 0 Å². The average molecular weight is 249 g/mol. The molecule has 1 fully saturated rings. The van der Waals surface area contributed by atoms with E-state index in [-0.39, 0.29) is 5.92 Å². The summed E-state index contributed by atoms with van der Waals surface area (Å²) in [6.07, 6.45) is 9.19. The third kappa shape index (κ3) is 3.12. The van der Waals surface area contributed by atoms with Gasteiger partial charge in [0.2, 0.25) is 5.88 Å². The van der Waals surface area contributed by atoms with Crippen molar-refractivity contribution in [1.82, 2.24) is 9.97 Å². The van der Waals surface area contributed by atoms with Crippen molar-refractivity contribution in [2.75, 3.05) is 5.73 Å². The summed E-state index contributed by atoms with van der Waals surface area (Å²) in [5, 5.41) is 0. The minimum absolute atomic E-state index is 0.284. The standard InChI is InChI=1S/C14H23N3O/c1-10(2)12-13(15)16-9-17-14(12)18-11-7-5-3-4-6-8-11/h9-11H,3-8H2,1-2H3,(H2,15,16,17). The topological polar surface area (TPSA) is 61.0 Å². The van der Waals surface area contributed by atoms with Gasteiger partial charge in [0, 0.05) is 0 Å². The Kier molecular flexibility index (Phi) is 4.39. The third-order valence-electron chi connectivity index (χ3n) is 3.54. The van der Waals surface area contributed by atoms with Crippen LogP contribution in [-0.4, -0.2) is 16.1 Å². The van der Waals surface area contributed by atoms with Crippen LogP contribution in [0.15, 0.2) is 6.33 Å². The summed E-state index contributed by atoms with van der Waals surface area (Å²) in [5.41, 5.74) is 6.87. The molecule has 0 aliphatic heterocycles. The van der Waals surface area contributed by atoms with Crippen molar-refractivity contribution in [2.45, 2.75) is 64.4 Å². The summed E-state index contributed by atoms with van der Waals surface area (Å²) in [6, 6.07) is 0. The first-order valence-electron chi connectivity index (χ1n) is 6.95. The van der Waals surface area contributed by atoms with Crippen LogP contribution in [0.5, 0.6) is 5.88 Å². The van der Waals surface area contributed by atoms with Crippen molar-refractivity contribution >= 4 is 5.82 Å². The highest BCUT2D eigenvalue weighted by Gasteiger charge is 2.19. The zero-order valence-electron chi connectivity index (χ0n) is 11.4. The Morgan fingerprint density at radius 3 is 2.44 bits per heavy atom. The molecule has 1 aliphatic carbocycles. The van der Waals surface area contributed by atoms with Crippen LogP contribution in [0.2, 0.25) is 0 Å². The smallest absolute Gasteiger partial charge is 0.222 e. The van der Waals surface area contributed by atoms with Gasteiger partial charge in [0.1, 0.15) is 18.2 Å².